The van der Waals surface area contributed by atoms with Crippen molar-refractivity contribution in [3.05, 3.63) is 29.6 Å². The van der Waals surface area contributed by atoms with Crippen molar-refractivity contribution in [2.75, 3.05) is 12.3 Å². The predicted molar refractivity (Wildman–Crippen MR) is 56.4 cm³/mol. The number of benzene rings is 1. The van der Waals surface area contributed by atoms with Crippen LogP contribution in [0.2, 0.25) is 0 Å². The number of anilines is 1. The number of aliphatic hydroxyl groups excluding tert-OH is 1. The minimum Gasteiger partial charge on any atom is -0.465 e. The molecule has 0 aromatic heterocycles. The van der Waals surface area contributed by atoms with Gasteiger partial charge in [-0.05, 0) is 25.1 Å². The molecule has 0 fully saturated rings. The van der Waals surface area contributed by atoms with Gasteiger partial charge in [-0.2, -0.15) is 0 Å². The topological polar surface area (TPSA) is 95.6 Å². The van der Waals surface area contributed by atoms with E-state index in [1.807, 2.05) is 0 Å². The second-order valence-electron chi connectivity index (χ2n) is 3.66. The number of nitrogens with two attached hydrogens (primary N) is 1. The van der Waals surface area contributed by atoms with Crippen molar-refractivity contribution in [3.8, 4) is 0 Å². The van der Waals surface area contributed by atoms with Crippen molar-refractivity contribution in [3.63, 3.8) is 0 Å². The number of rotatable bonds is 3. The average Bonchev–Trinajstić information content (AvgIpc) is 2.20. The summed E-state index contributed by atoms with van der Waals surface area (Å²) in [6.07, 6.45) is -1.35. The van der Waals surface area contributed by atoms with Crippen LogP contribution in [0.3, 0.4) is 0 Å². The molecule has 1 aromatic carbocycles. The van der Waals surface area contributed by atoms with Gasteiger partial charge in [0.05, 0.1) is 12.1 Å². The Labute approximate surface area is 91.7 Å². The summed E-state index contributed by atoms with van der Waals surface area (Å²) in [5, 5.41) is 19.9. The van der Waals surface area contributed by atoms with Crippen LogP contribution in [-0.2, 0) is 5.54 Å². The summed E-state index contributed by atoms with van der Waals surface area (Å²) in [6, 6.07) is 3.78. The van der Waals surface area contributed by atoms with Crippen LogP contribution in [0.4, 0.5) is 14.9 Å². The quantitative estimate of drug-likeness (QED) is 0.577. The summed E-state index contributed by atoms with van der Waals surface area (Å²) in [7, 11) is 0. The highest BCUT2D eigenvalue weighted by atomic mass is 19.1. The number of carboxylic acid groups (broad SMARTS) is 1. The molecule has 0 spiro atoms. The lowest BCUT2D eigenvalue weighted by Crippen LogP contribution is -2.46. The van der Waals surface area contributed by atoms with Gasteiger partial charge in [-0.25, -0.2) is 9.18 Å². The summed E-state index contributed by atoms with van der Waals surface area (Å²) >= 11 is 0. The molecular weight excluding hydrogens is 215 g/mol. The molecule has 16 heavy (non-hydrogen) atoms. The van der Waals surface area contributed by atoms with E-state index in [-0.39, 0.29) is 5.56 Å². The molecule has 0 saturated carbocycles. The van der Waals surface area contributed by atoms with E-state index < -0.39 is 24.1 Å². The summed E-state index contributed by atoms with van der Waals surface area (Å²) in [5.41, 5.74) is 4.38. The Bertz CT molecular complexity index is 411. The molecule has 0 radical (unpaired) electrons. The van der Waals surface area contributed by atoms with Gasteiger partial charge in [0.2, 0.25) is 0 Å². The second-order valence-corrected chi connectivity index (χ2v) is 3.66. The Kier molecular flexibility index (Phi) is 3.34. The fourth-order valence-electron chi connectivity index (χ4n) is 1.39. The lowest BCUT2D eigenvalue weighted by Gasteiger charge is -2.28. The summed E-state index contributed by atoms with van der Waals surface area (Å²) < 4.78 is 13.5. The Balaban J connectivity index is 3.21. The van der Waals surface area contributed by atoms with Crippen molar-refractivity contribution in [2.24, 2.45) is 0 Å². The van der Waals surface area contributed by atoms with Crippen LogP contribution >= 0.6 is 0 Å². The highest BCUT2D eigenvalue weighted by Crippen LogP contribution is 2.25. The first-order chi connectivity index (χ1) is 7.39. The number of hydrogen-bond donors (Lipinski definition) is 4. The van der Waals surface area contributed by atoms with E-state index in [4.69, 9.17) is 15.9 Å². The molecule has 0 heterocycles. The van der Waals surface area contributed by atoms with Crippen molar-refractivity contribution < 1.29 is 19.4 Å². The third-order valence-corrected chi connectivity index (χ3v) is 2.28. The number of aliphatic hydroxyl groups is 1. The lowest BCUT2D eigenvalue weighted by molar-refractivity contribution is 0.144. The second kappa shape index (κ2) is 4.36. The van der Waals surface area contributed by atoms with Crippen molar-refractivity contribution in [2.45, 2.75) is 12.5 Å². The van der Waals surface area contributed by atoms with Crippen LogP contribution in [0.25, 0.3) is 0 Å². The predicted octanol–water partition coefficient (Wildman–Crippen LogP) is 0.883. The smallest absolute Gasteiger partial charge is 0.405 e. The molecule has 0 aliphatic carbocycles. The third kappa shape index (κ3) is 2.40. The van der Waals surface area contributed by atoms with E-state index in [1.165, 1.54) is 19.1 Å². The van der Waals surface area contributed by atoms with Crippen molar-refractivity contribution in [1.29, 1.82) is 0 Å². The van der Waals surface area contributed by atoms with Gasteiger partial charge in [-0.1, -0.05) is 0 Å². The molecule has 0 saturated heterocycles. The molecule has 88 valence electrons. The molecule has 0 bridgehead atoms. The number of carbonyl (C=O) groups is 1. The summed E-state index contributed by atoms with van der Waals surface area (Å²) in [4.78, 5) is 10.6. The first-order valence-corrected chi connectivity index (χ1v) is 4.56. The molecule has 5 N–H and O–H groups in total. The normalized spacial score (nSPS) is 14.2. The maximum Gasteiger partial charge on any atom is 0.405 e. The van der Waals surface area contributed by atoms with Crippen LogP contribution in [0.1, 0.15) is 12.5 Å². The number of halogens is 1. The Morgan fingerprint density at radius 3 is 2.75 bits per heavy atom. The number of nitrogens with one attached hydrogen (secondary N) is 1. The number of nitrogen functional groups attached to an aromatic ring is 1. The van der Waals surface area contributed by atoms with Crippen molar-refractivity contribution in [1.82, 2.24) is 5.32 Å². The molecule has 1 aromatic rings. The Hall–Kier alpha value is -1.82. The zero-order chi connectivity index (χ0) is 12.3. The lowest BCUT2D eigenvalue weighted by atomic mass is 9.92. The first kappa shape index (κ1) is 12.3. The van der Waals surface area contributed by atoms with Gasteiger partial charge in [0, 0.05) is 11.3 Å². The molecule has 1 unspecified atom stereocenters. The molecule has 1 amide bonds. The number of hydrogen-bond acceptors (Lipinski definition) is 3. The molecule has 5 nitrogen and oxygen atoms in total. The molecular formula is C10H13FN2O3. The van der Waals surface area contributed by atoms with E-state index in [2.05, 4.69) is 5.32 Å². The molecule has 6 heteroatoms. The Morgan fingerprint density at radius 2 is 2.25 bits per heavy atom. The van der Waals surface area contributed by atoms with E-state index in [9.17, 15) is 9.18 Å². The van der Waals surface area contributed by atoms with Gasteiger partial charge in [0.25, 0.3) is 0 Å². The van der Waals surface area contributed by atoms with Gasteiger partial charge in [0.15, 0.2) is 0 Å². The van der Waals surface area contributed by atoms with Crippen LogP contribution in [0.5, 0.6) is 0 Å². The SMILES string of the molecule is CC(CO)(NC(=O)O)c1cc(N)ccc1F. The van der Waals surface area contributed by atoms with E-state index in [0.717, 1.165) is 6.07 Å². The number of amides is 1. The maximum atomic E-state index is 13.5. The fourth-order valence-corrected chi connectivity index (χ4v) is 1.39. The highest BCUT2D eigenvalue weighted by molar-refractivity contribution is 5.66. The molecule has 0 aliphatic rings. The van der Waals surface area contributed by atoms with Crippen LogP contribution in [0, 0.1) is 5.82 Å². The van der Waals surface area contributed by atoms with E-state index >= 15 is 0 Å². The van der Waals surface area contributed by atoms with Gasteiger partial charge >= 0.3 is 6.09 Å². The van der Waals surface area contributed by atoms with Crippen LogP contribution in [0.15, 0.2) is 18.2 Å². The van der Waals surface area contributed by atoms with Gasteiger partial charge < -0.3 is 21.3 Å². The van der Waals surface area contributed by atoms with Crippen LogP contribution in [-0.4, -0.2) is 22.9 Å². The summed E-state index contributed by atoms with van der Waals surface area (Å²) in [6.45, 7) is 0.804. The van der Waals surface area contributed by atoms with E-state index in [1.54, 1.807) is 0 Å². The third-order valence-electron chi connectivity index (χ3n) is 2.28. The average molecular weight is 228 g/mol. The first-order valence-electron chi connectivity index (χ1n) is 4.56. The largest absolute Gasteiger partial charge is 0.465 e. The van der Waals surface area contributed by atoms with Gasteiger partial charge in [0.1, 0.15) is 5.82 Å². The molecule has 0 aliphatic heterocycles. The molecule has 1 atom stereocenters. The van der Waals surface area contributed by atoms with E-state index in [0.29, 0.717) is 5.69 Å². The van der Waals surface area contributed by atoms with Gasteiger partial charge in [-0.3, -0.25) is 0 Å². The highest BCUT2D eigenvalue weighted by Gasteiger charge is 2.30. The standard InChI is InChI=1S/C10H13FN2O3/c1-10(5-14,13-9(15)16)7-4-6(12)2-3-8(7)11/h2-4,13-14H,5,12H2,1H3,(H,15,16). The summed E-state index contributed by atoms with van der Waals surface area (Å²) in [5.74, 6) is -0.625. The maximum absolute atomic E-state index is 13.5. The zero-order valence-corrected chi connectivity index (χ0v) is 8.70. The fraction of sp³-hybridized carbons (Fsp3) is 0.300. The zero-order valence-electron chi connectivity index (χ0n) is 8.70. The monoisotopic (exact) mass is 228 g/mol. The molecule has 1 rings (SSSR count). The minimum absolute atomic E-state index is 0.0115. The van der Waals surface area contributed by atoms with Crippen LogP contribution < -0.4 is 11.1 Å². The Morgan fingerprint density at radius 1 is 1.62 bits per heavy atom. The van der Waals surface area contributed by atoms with Gasteiger partial charge in [-0.15, -0.1) is 0 Å². The minimum atomic E-state index is -1.41. The van der Waals surface area contributed by atoms with Crippen molar-refractivity contribution >= 4 is 11.8 Å².